The van der Waals surface area contributed by atoms with Gasteiger partial charge in [0.25, 0.3) is 5.56 Å². The number of amides is 1. The van der Waals surface area contributed by atoms with E-state index in [1.807, 2.05) is 6.07 Å². The molecule has 0 bridgehead atoms. The van der Waals surface area contributed by atoms with E-state index in [0.29, 0.717) is 11.3 Å². The summed E-state index contributed by atoms with van der Waals surface area (Å²) in [7, 11) is 2.74. The zero-order chi connectivity index (χ0) is 29.5. The number of aromatic nitrogens is 2. The number of halogens is 1. The molecule has 0 saturated carbocycles. The summed E-state index contributed by atoms with van der Waals surface area (Å²) < 4.78 is 27.4. The van der Waals surface area contributed by atoms with Gasteiger partial charge >= 0.3 is 5.69 Å². The van der Waals surface area contributed by atoms with Gasteiger partial charge < -0.3 is 14.3 Å². The average Bonchev–Trinajstić information content (AvgIpc) is 2.86. The van der Waals surface area contributed by atoms with Gasteiger partial charge in [0, 0.05) is 24.2 Å². The molecule has 11 nitrogen and oxygen atoms in total. The summed E-state index contributed by atoms with van der Waals surface area (Å²) in [6, 6.07) is 5.85. The zero-order valence-corrected chi connectivity index (χ0v) is 23.6. The van der Waals surface area contributed by atoms with E-state index < -0.39 is 34.5 Å². The minimum Gasteiger partial charge on any atom is -0.496 e. The predicted molar refractivity (Wildman–Crippen MR) is 144 cm³/mol. The van der Waals surface area contributed by atoms with Crippen LogP contribution in [0.5, 0.6) is 5.75 Å². The smallest absolute Gasteiger partial charge is 0.350 e. The normalized spacial score (nSPS) is 12.7. The number of oxime groups is 1. The molecule has 12 heteroatoms. The SMILES string of the molecule is COc1ccc(F)cc1C(Cn1cc(/C(C)=N/OC(C)C)c(=O)n(N(C)C(=O)C(C)(C)C)c1=O)OCCC#N. The molecule has 0 saturated heterocycles. The van der Waals surface area contributed by atoms with Crippen LogP contribution in [0, 0.1) is 22.6 Å². The molecule has 0 fully saturated rings. The van der Waals surface area contributed by atoms with Crippen LogP contribution < -0.4 is 21.0 Å². The van der Waals surface area contributed by atoms with E-state index >= 15 is 0 Å². The third-order valence-corrected chi connectivity index (χ3v) is 5.59. The Bertz CT molecular complexity index is 1370. The largest absolute Gasteiger partial charge is 0.496 e. The third-order valence-electron chi connectivity index (χ3n) is 5.59. The second-order valence-electron chi connectivity index (χ2n) is 10.2. The number of methoxy groups -OCH3 is 1. The second kappa shape index (κ2) is 13.2. The zero-order valence-electron chi connectivity index (χ0n) is 23.6. The quantitative estimate of drug-likeness (QED) is 0.241. The lowest BCUT2D eigenvalue weighted by Crippen LogP contribution is -2.56. The molecule has 0 spiro atoms. The number of benzene rings is 1. The molecule has 1 aromatic heterocycles. The standard InChI is InChI=1S/C27H36FN5O6/c1-17(2)39-30-18(3)21-15-32(26(36)33(24(21)34)31(7)25(35)27(4,5)6)16-23(38-13-9-12-29)20-14-19(28)10-11-22(20)37-8/h10-11,14-15,17,23H,9,13,16H2,1-8H3/b30-18+. The fraction of sp³-hybridized carbons (Fsp3) is 0.519. The molecule has 39 heavy (non-hydrogen) atoms. The van der Waals surface area contributed by atoms with Gasteiger partial charge in [-0.05, 0) is 39.0 Å². The number of ether oxygens (including phenoxy) is 2. The van der Waals surface area contributed by atoms with Gasteiger partial charge in [-0.1, -0.05) is 25.9 Å². The van der Waals surface area contributed by atoms with E-state index in [4.69, 9.17) is 19.6 Å². The molecule has 0 radical (unpaired) electrons. The van der Waals surface area contributed by atoms with Crippen LogP contribution in [0.1, 0.15) is 65.2 Å². The van der Waals surface area contributed by atoms with Gasteiger partial charge in [0.15, 0.2) is 0 Å². The predicted octanol–water partition coefficient (Wildman–Crippen LogP) is 3.12. The molecule has 212 valence electrons. The maximum atomic E-state index is 14.2. The molecule has 0 N–H and O–H groups in total. The summed E-state index contributed by atoms with van der Waals surface area (Å²) in [5.74, 6) is -0.725. The van der Waals surface area contributed by atoms with Crippen LogP contribution in [0.2, 0.25) is 0 Å². The van der Waals surface area contributed by atoms with E-state index in [0.717, 1.165) is 9.69 Å². The molecule has 2 rings (SSSR count). The molecule has 1 unspecified atom stereocenters. The van der Waals surface area contributed by atoms with Gasteiger partial charge in [0.05, 0.1) is 44.0 Å². The van der Waals surface area contributed by atoms with Crippen molar-refractivity contribution in [3.05, 3.63) is 62.2 Å². The second-order valence-corrected chi connectivity index (χ2v) is 10.2. The molecule has 1 aromatic carbocycles. The molecule has 1 atom stereocenters. The highest BCUT2D eigenvalue weighted by molar-refractivity contribution is 5.98. The van der Waals surface area contributed by atoms with Crippen molar-refractivity contribution in [2.24, 2.45) is 10.6 Å². The lowest BCUT2D eigenvalue weighted by molar-refractivity contribution is -0.127. The maximum Gasteiger partial charge on any atom is 0.350 e. The first-order chi connectivity index (χ1) is 18.2. The van der Waals surface area contributed by atoms with Crippen LogP contribution in [0.25, 0.3) is 0 Å². The Morgan fingerprint density at radius 1 is 1.26 bits per heavy atom. The van der Waals surface area contributed by atoms with Gasteiger partial charge in [0.2, 0.25) is 5.91 Å². The first-order valence-electron chi connectivity index (χ1n) is 12.4. The summed E-state index contributed by atoms with van der Waals surface area (Å²) in [5.41, 5.74) is -2.01. The van der Waals surface area contributed by atoms with Crippen molar-refractivity contribution in [2.45, 2.75) is 66.7 Å². The van der Waals surface area contributed by atoms with Crippen molar-refractivity contribution in [2.75, 3.05) is 25.8 Å². The molecule has 2 aromatic rings. The number of hydrogen-bond acceptors (Lipinski definition) is 8. The van der Waals surface area contributed by atoms with Crippen LogP contribution in [-0.2, 0) is 20.9 Å². The molecular weight excluding hydrogens is 509 g/mol. The topological polar surface area (TPSA) is 128 Å². The van der Waals surface area contributed by atoms with Crippen molar-refractivity contribution >= 4 is 11.6 Å². The maximum absolute atomic E-state index is 14.2. The number of nitrogens with zero attached hydrogens (tertiary/aromatic N) is 5. The van der Waals surface area contributed by atoms with Crippen LogP contribution in [-0.4, -0.2) is 47.7 Å². The number of rotatable bonds is 11. The third kappa shape index (κ3) is 7.77. The molecule has 0 aliphatic carbocycles. The van der Waals surface area contributed by atoms with Crippen LogP contribution in [0.15, 0.2) is 39.1 Å². The molecule has 0 aliphatic heterocycles. The summed E-state index contributed by atoms with van der Waals surface area (Å²) in [6.07, 6.45) is 0.130. The van der Waals surface area contributed by atoms with Crippen molar-refractivity contribution in [1.82, 2.24) is 9.24 Å². The first kappa shape index (κ1) is 31.2. The van der Waals surface area contributed by atoms with Crippen LogP contribution >= 0.6 is 0 Å². The van der Waals surface area contributed by atoms with Crippen molar-refractivity contribution in [3.8, 4) is 11.8 Å². The Labute approximate surface area is 227 Å². The van der Waals surface area contributed by atoms with Gasteiger partial charge in [-0.25, -0.2) is 14.2 Å². The number of hydrogen-bond donors (Lipinski definition) is 0. The van der Waals surface area contributed by atoms with Gasteiger partial charge in [-0.2, -0.15) is 9.94 Å². The van der Waals surface area contributed by atoms with E-state index in [9.17, 15) is 18.8 Å². The van der Waals surface area contributed by atoms with Crippen LogP contribution in [0.3, 0.4) is 0 Å². The van der Waals surface area contributed by atoms with Crippen molar-refractivity contribution < 1.29 is 23.5 Å². The number of carbonyl (C=O) groups is 1. The summed E-state index contributed by atoms with van der Waals surface area (Å²) in [5, 5.41) is 14.0. The van der Waals surface area contributed by atoms with E-state index in [1.165, 1.54) is 43.1 Å². The van der Waals surface area contributed by atoms with Crippen LogP contribution in [0.4, 0.5) is 4.39 Å². The minimum atomic E-state index is -0.951. The Morgan fingerprint density at radius 2 is 1.92 bits per heavy atom. The van der Waals surface area contributed by atoms with Gasteiger partial charge in [-0.15, -0.1) is 0 Å². The average molecular weight is 546 g/mol. The molecule has 0 aliphatic rings. The first-order valence-corrected chi connectivity index (χ1v) is 12.4. The minimum absolute atomic E-state index is 0.00536. The van der Waals surface area contributed by atoms with E-state index in [1.54, 1.807) is 41.5 Å². The highest BCUT2D eigenvalue weighted by Gasteiger charge is 2.30. The molecular formula is C27H36FN5O6. The lowest BCUT2D eigenvalue weighted by Gasteiger charge is -2.28. The Hall–Kier alpha value is -3.98. The molecule has 1 amide bonds. The van der Waals surface area contributed by atoms with E-state index in [2.05, 4.69) is 5.16 Å². The Balaban J connectivity index is 2.79. The van der Waals surface area contributed by atoms with Crippen molar-refractivity contribution in [1.29, 1.82) is 5.26 Å². The van der Waals surface area contributed by atoms with Crippen molar-refractivity contribution in [3.63, 3.8) is 0 Å². The molecule has 1 heterocycles. The fourth-order valence-corrected chi connectivity index (χ4v) is 3.67. The number of nitriles is 1. The summed E-state index contributed by atoms with van der Waals surface area (Å²) >= 11 is 0. The Kier molecular flexibility index (Phi) is 10.6. The monoisotopic (exact) mass is 545 g/mol. The van der Waals surface area contributed by atoms with Gasteiger partial charge in [-0.3, -0.25) is 14.2 Å². The highest BCUT2D eigenvalue weighted by Crippen LogP contribution is 2.30. The van der Waals surface area contributed by atoms with Gasteiger partial charge in [0.1, 0.15) is 23.8 Å². The highest BCUT2D eigenvalue weighted by atomic mass is 19.1. The summed E-state index contributed by atoms with van der Waals surface area (Å²) in [4.78, 5) is 45.5. The lowest BCUT2D eigenvalue weighted by atomic mass is 9.95. The fourth-order valence-electron chi connectivity index (χ4n) is 3.67. The van der Waals surface area contributed by atoms with E-state index in [-0.39, 0.29) is 37.0 Å². The Morgan fingerprint density at radius 3 is 2.49 bits per heavy atom. The number of carbonyl (C=O) groups excluding carboxylic acids is 1. The summed E-state index contributed by atoms with van der Waals surface area (Å²) in [6.45, 7) is 9.86.